The Kier molecular flexibility index (Phi) is 5.39. The summed E-state index contributed by atoms with van der Waals surface area (Å²) in [5.41, 5.74) is -6.19. The van der Waals surface area contributed by atoms with Gasteiger partial charge in [-0.15, -0.1) is 0 Å². The second-order valence-electron chi connectivity index (χ2n) is 7.88. The van der Waals surface area contributed by atoms with Crippen LogP contribution in [0.25, 0.3) is 27.8 Å². The van der Waals surface area contributed by atoms with Crippen LogP contribution < -0.4 is 11.2 Å². The summed E-state index contributed by atoms with van der Waals surface area (Å²) in [6.07, 6.45) is -2.56. The summed E-state index contributed by atoms with van der Waals surface area (Å²) >= 11 is 0. The van der Waals surface area contributed by atoms with Gasteiger partial charge < -0.3 is 9.67 Å². The van der Waals surface area contributed by atoms with E-state index >= 15 is 0 Å². The Morgan fingerprint density at radius 1 is 1.03 bits per heavy atom. The molecule has 3 aromatic heterocycles. The number of nitrogens with zero attached hydrogens (tertiary/aromatic N) is 4. The quantitative estimate of drug-likeness (QED) is 0.352. The molecule has 2 N–H and O–H groups in total. The number of rotatable bonds is 4. The number of alkyl halides is 3. The topological polar surface area (TPSA) is 123 Å². The van der Waals surface area contributed by atoms with Gasteiger partial charge in [0, 0.05) is 23.3 Å². The van der Waals surface area contributed by atoms with Gasteiger partial charge in [-0.25, -0.2) is 32.9 Å². The lowest BCUT2D eigenvalue weighted by Gasteiger charge is -2.11. The molecule has 5 aromatic rings. The lowest BCUT2D eigenvalue weighted by molar-refractivity contribution is -0.137. The van der Waals surface area contributed by atoms with Crippen LogP contribution in [0, 0.1) is 11.6 Å². The van der Waals surface area contributed by atoms with Crippen LogP contribution in [0.15, 0.2) is 58.4 Å². The highest BCUT2D eigenvalue weighted by molar-refractivity contribution is 6.03. The maximum Gasteiger partial charge on any atom is 0.416 e. The van der Waals surface area contributed by atoms with E-state index in [4.69, 9.17) is 0 Å². The van der Waals surface area contributed by atoms with Crippen LogP contribution in [0.5, 0.6) is 0 Å². The van der Waals surface area contributed by atoms with Crippen molar-refractivity contribution >= 4 is 28.0 Å². The first-order valence-corrected chi connectivity index (χ1v) is 10.3. The Morgan fingerprint density at radius 3 is 2.46 bits per heavy atom. The molecule has 0 aliphatic carbocycles. The summed E-state index contributed by atoms with van der Waals surface area (Å²) in [6, 6.07) is 4.58. The van der Waals surface area contributed by atoms with Crippen molar-refractivity contribution in [2.24, 2.45) is 0 Å². The van der Waals surface area contributed by atoms with Crippen LogP contribution in [0.2, 0.25) is 0 Å². The first kappa shape index (κ1) is 23.8. The first-order valence-electron chi connectivity index (χ1n) is 10.3. The van der Waals surface area contributed by atoms with Gasteiger partial charge in [-0.2, -0.15) is 13.2 Å². The molecule has 0 bridgehead atoms. The predicted octanol–water partition coefficient (Wildman–Crippen LogP) is 3.47. The molecule has 37 heavy (non-hydrogen) atoms. The Morgan fingerprint density at radius 2 is 1.76 bits per heavy atom. The van der Waals surface area contributed by atoms with Gasteiger partial charge in [0.1, 0.15) is 11.6 Å². The summed E-state index contributed by atoms with van der Waals surface area (Å²) < 4.78 is 70.1. The molecule has 0 amide bonds. The number of carboxylic acid groups (broad SMARTS) is 1. The van der Waals surface area contributed by atoms with Crippen molar-refractivity contribution in [3.05, 3.63) is 98.1 Å². The van der Waals surface area contributed by atoms with Crippen LogP contribution in [0.3, 0.4) is 0 Å². The predicted molar refractivity (Wildman–Crippen MR) is 119 cm³/mol. The number of halogens is 5. The first-order chi connectivity index (χ1) is 17.5. The summed E-state index contributed by atoms with van der Waals surface area (Å²) in [5.74, 6) is -3.50. The minimum atomic E-state index is -4.86. The summed E-state index contributed by atoms with van der Waals surface area (Å²) in [7, 11) is 0. The lowest BCUT2D eigenvalue weighted by atomic mass is 10.1. The molecule has 0 saturated heterocycles. The fraction of sp³-hybridized carbons (Fsp3) is 0.0870. The van der Waals surface area contributed by atoms with E-state index in [9.17, 15) is 41.4 Å². The standard InChI is InChI=1S/C23H12F5N5O4/c24-12-2-3-14(25)10(7-12)9-32-15-4-1-11(23(26,27)28)8-13(15)17(18(32)21(35)36)33-20(34)16-19(31-22(33)37)30-6-5-29-16/h1-8H,9H2,(H,35,36)(H,30,31,37). The Bertz CT molecular complexity index is 1860. The molecule has 9 nitrogen and oxygen atoms in total. The molecule has 2 aromatic carbocycles. The third-order valence-electron chi connectivity index (χ3n) is 5.66. The van der Waals surface area contributed by atoms with Crippen molar-refractivity contribution in [2.75, 3.05) is 0 Å². The molecule has 0 saturated carbocycles. The van der Waals surface area contributed by atoms with Gasteiger partial charge in [0.2, 0.25) is 0 Å². The molecule has 0 unspecified atom stereocenters. The van der Waals surface area contributed by atoms with Gasteiger partial charge in [0.25, 0.3) is 5.56 Å². The number of nitrogens with one attached hydrogen (secondary N) is 1. The highest BCUT2D eigenvalue weighted by atomic mass is 19.4. The zero-order chi connectivity index (χ0) is 26.6. The van der Waals surface area contributed by atoms with E-state index in [0.717, 1.165) is 35.0 Å². The van der Waals surface area contributed by atoms with E-state index < -0.39 is 63.9 Å². The highest BCUT2D eigenvalue weighted by Gasteiger charge is 2.33. The number of carboxylic acids is 1. The fourth-order valence-corrected chi connectivity index (χ4v) is 4.10. The monoisotopic (exact) mass is 517 g/mol. The zero-order valence-corrected chi connectivity index (χ0v) is 18.2. The maximum atomic E-state index is 14.4. The van der Waals surface area contributed by atoms with E-state index in [1.54, 1.807) is 0 Å². The number of fused-ring (bicyclic) bond motifs is 2. The fourth-order valence-electron chi connectivity index (χ4n) is 4.10. The number of hydrogen-bond acceptors (Lipinski definition) is 5. The number of aromatic nitrogens is 5. The molecule has 0 fully saturated rings. The van der Waals surface area contributed by atoms with E-state index in [1.807, 2.05) is 0 Å². The van der Waals surface area contributed by atoms with Crippen LogP contribution in [0.1, 0.15) is 21.6 Å². The van der Waals surface area contributed by atoms with Crippen LogP contribution in [-0.4, -0.2) is 35.2 Å². The molecule has 5 rings (SSSR count). The molecular weight excluding hydrogens is 505 g/mol. The Balaban J connectivity index is 1.94. The SMILES string of the molecule is O=C(O)c1c(-n2c(=O)[nH]c3nccnc3c2=O)c2cc(C(F)(F)F)ccc2n1Cc1cc(F)ccc1F. The van der Waals surface area contributed by atoms with Gasteiger partial charge >= 0.3 is 17.8 Å². The highest BCUT2D eigenvalue weighted by Crippen LogP contribution is 2.36. The largest absolute Gasteiger partial charge is 0.477 e. The van der Waals surface area contributed by atoms with Crippen LogP contribution in [0.4, 0.5) is 22.0 Å². The molecule has 188 valence electrons. The van der Waals surface area contributed by atoms with Crippen molar-refractivity contribution < 1.29 is 31.9 Å². The smallest absolute Gasteiger partial charge is 0.416 e. The zero-order valence-electron chi connectivity index (χ0n) is 18.2. The van der Waals surface area contributed by atoms with Crippen molar-refractivity contribution in [1.82, 2.24) is 24.1 Å². The number of aromatic amines is 1. The third-order valence-corrected chi connectivity index (χ3v) is 5.66. The normalized spacial score (nSPS) is 11.9. The maximum absolute atomic E-state index is 14.4. The van der Waals surface area contributed by atoms with E-state index in [2.05, 4.69) is 15.0 Å². The average Bonchev–Trinajstić information content (AvgIpc) is 3.14. The van der Waals surface area contributed by atoms with E-state index in [1.165, 1.54) is 6.20 Å². The number of hydrogen-bond donors (Lipinski definition) is 2. The molecule has 14 heteroatoms. The number of H-pyrrole nitrogens is 1. The minimum absolute atomic E-state index is 0.186. The van der Waals surface area contributed by atoms with Crippen LogP contribution >= 0.6 is 0 Å². The average molecular weight is 517 g/mol. The summed E-state index contributed by atoms with van der Waals surface area (Å²) in [6.45, 7) is -0.646. The third kappa shape index (κ3) is 3.91. The second-order valence-corrected chi connectivity index (χ2v) is 7.88. The van der Waals surface area contributed by atoms with Crippen molar-refractivity contribution in [2.45, 2.75) is 12.7 Å². The van der Waals surface area contributed by atoms with Gasteiger partial charge in [-0.1, -0.05) is 0 Å². The number of aromatic carboxylic acids is 1. The summed E-state index contributed by atoms with van der Waals surface area (Å²) in [5, 5.41) is 9.62. The van der Waals surface area contributed by atoms with E-state index in [-0.39, 0.29) is 22.2 Å². The molecule has 0 radical (unpaired) electrons. The number of benzene rings is 2. The van der Waals surface area contributed by atoms with Gasteiger partial charge in [0.15, 0.2) is 16.9 Å². The molecule has 0 aliphatic heterocycles. The van der Waals surface area contributed by atoms with Crippen molar-refractivity contribution in [1.29, 1.82) is 0 Å². The van der Waals surface area contributed by atoms with Crippen molar-refractivity contribution in [3.8, 4) is 5.69 Å². The molecular formula is C23H12F5N5O4. The van der Waals surface area contributed by atoms with Gasteiger partial charge in [0.05, 0.1) is 23.3 Å². The number of carbonyl (C=O) groups is 1. The Hall–Kier alpha value is -4.88. The molecule has 0 aliphatic rings. The summed E-state index contributed by atoms with van der Waals surface area (Å²) in [4.78, 5) is 48.5. The van der Waals surface area contributed by atoms with Gasteiger partial charge in [-0.05, 0) is 36.4 Å². The van der Waals surface area contributed by atoms with E-state index in [0.29, 0.717) is 16.7 Å². The second kappa shape index (κ2) is 8.36. The van der Waals surface area contributed by atoms with Crippen molar-refractivity contribution in [3.63, 3.8) is 0 Å². The molecule has 0 spiro atoms. The molecule has 0 atom stereocenters. The van der Waals surface area contributed by atoms with Crippen LogP contribution in [-0.2, 0) is 12.7 Å². The molecule has 3 heterocycles. The lowest BCUT2D eigenvalue weighted by Crippen LogP contribution is -2.35. The Labute approximate surface area is 201 Å². The minimum Gasteiger partial charge on any atom is -0.477 e. The van der Waals surface area contributed by atoms with Gasteiger partial charge in [-0.3, -0.25) is 9.78 Å².